The van der Waals surface area contributed by atoms with Crippen LogP contribution in [0.4, 0.5) is 30.4 Å². The van der Waals surface area contributed by atoms with Crippen molar-refractivity contribution >= 4 is 17.2 Å². The predicted octanol–water partition coefficient (Wildman–Crippen LogP) is 4.52. The first kappa shape index (κ1) is 16.7. The van der Waals surface area contributed by atoms with E-state index in [1.165, 1.54) is 29.6 Å². The van der Waals surface area contributed by atoms with Crippen molar-refractivity contribution < 1.29 is 13.2 Å². The number of hydrogen-bond donors (Lipinski definition) is 2. The molecule has 0 saturated heterocycles. The van der Waals surface area contributed by atoms with E-state index in [1.54, 1.807) is 25.4 Å². The normalized spacial score (nSPS) is 11.2. The minimum Gasteiger partial charge on any atom is -0.340 e. The van der Waals surface area contributed by atoms with Crippen molar-refractivity contribution in [1.29, 1.82) is 0 Å². The molecule has 0 bridgehead atoms. The van der Waals surface area contributed by atoms with Gasteiger partial charge in [-0.25, -0.2) is 9.97 Å². The number of aryl methyl sites for hydroxylation is 1. The Morgan fingerprint density at radius 1 is 0.880 bits per heavy atom. The van der Waals surface area contributed by atoms with Gasteiger partial charge >= 0.3 is 6.30 Å². The molecule has 0 amide bonds. The number of rotatable bonds is 4. The molecule has 5 nitrogen and oxygen atoms in total. The molecular formula is C17H14F3N5. The summed E-state index contributed by atoms with van der Waals surface area (Å²) in [6, 6.07) is 11.2. The van der Waals surface area contributed by atoms with E-state index in [0.717, 1.165) is 11.3 Å². The van der Waals surface area contributed by atoms with Crippen LogP contribution >= 0.6 is 0 Å². The summed E-state index contributed by atoms with van der Waals surface area (Å²) in [5.41, 5.74) is 2.21. The summed E-state index contributed by atoms with van der Waals surface area (Å²) in [6.45, 7) is 1.77. The first-order valence-electron chi connectivity index (χ1n) is 7.37. The van der Waals surface area contributed by atoms with Gasteiger partial charge in [0.1, 0.15) is 11.6 Å². The van der Waals surface area contributed by atoms with Crippen molar-refractivity contribution in [3.8, 4) is 11.3 Å². The lowest BCUT2D eigenvalue weighted by atomic mass is 10.2. The third-order valence-electron chi connectivity index (χ3n) is 3.26. The molecule has 0 atom stereocenters. The predicted molar refractivity (Wildman–Crippen MR) is 89.4 cm³/mol. The van der Waals surface area contributed by atoms with Gasteiger partial charge < -0.3 is 5.32 Å². The Morgan fingerprint density at radius 2 is 1.52 bits per heavy atom. The first-order chi connectivity index (χ1) is 11.9. The zero-order chi connectivity index (χ0) is 17.9. The van der Waals surface area contributed by atoms with Crippen LogP contribution in [0.25, 0.3) is 11.3 Å². The number of hydrogen-bond acceptors (Lipinski definition) is 5. The fourth-order valence-corrected chi connectivity index (χ4v) is 2.25. The summed E-state index contributed by atoms with van der Waals surface area (Å²) in [6.07, 6.45) is -1.11. The van der Waals surface area contributed by atoms with Crippen LogP contribution in [-0.4, -0.2) is 21.3 Å². The molecule has 0 spiro atoms. The fraction of sp³-hybridized carbons (Fsp3) is 0.118. The van der Waals surface area contributed by atoms with Crippen LogP contribution in [0.1, 0.15) is 5.82 Å². The third kappa shape index (κ3) is 4.66. The quantitative estimate of drug-likeness (QED) is 0.681. The summed E-state index contributed by atoms with van der Waals surface area (Å²) >= 11 is 0. The van der Waals surface area contributed by atoms with E-state index in [0.29, 0.717) is 17.3 Å². The van der Waals surface area contributed by atoms with Crippen molar-refractivity contribution in [3.05, 3.63) is 60.7 Å². The van der Waals surface area contributed by atoms with Gasteiger partial charge in [0.05, 0.1) is 5.69 Å². The molecule has 0 fully saturated rings. The zero-order valence-corrected chi connectivity index (χ0v) is 13.2. The molecule has 0 saturated carbocycles. The number of anilines is 3. The lowest BCUT2D eigenvalue weighted by molar-refractivity contribution is -0.0999. The highest BCUT2D eigenvalue weighted by Gasteiger charge is 2.26. The molecule has 128 valence electrons. The third-order valence-corrected chi connectivity index (χ3v) is 3.26. The molecule has 2 N–H and O–H groups in total. The summed E-state index contributed by atoms with van der Waals surface area (Å²) < 4.78 is 36.9. The smallest absolute Gasteiger partial charge is 0.340 e. The van der Waals surface area contributed by atoms with Gasteiger partial charge in [0, 0.05) is 35.4 Å². The second kappa shape index (κ2) is 6.76. The Bertz CT molecular complexity index is 848. The van der Waals surface area contributed by atoms with Gasteiger partial charge in [-0.15, -0.1) is 0 Å². The van der Waals surface area contributed by atoms with Crippen molar-refractivity contribution in [2.75, 3.05) is 10.6 Å². The second-order valence-corrected chi connectivity index (χ2v) is 5.25. The number of nitrogens with zero attached hydrogens (tertiary/aromatic N) is 3. The van der Waals surface area contributed by atoms with Gasteiger partial charge in [0.15, 0.2) is 0 Å². The van der Waals surface area contributed by atoms with Crippen LogP contribution in [0, 0.1) is 6.92 Å². The van der Waals surface area contributed by atoms with E-state index in [1.807, 2.05) is 12.1 Å². The highest BCUT2D eigenvalue weighted by atomic mass is 19.4. The number of halogens is 3. The number of aromatic nitrogens is 3. The molecule has 0 aliphatic rings. The number of nitrogens with one attached hydrogen (secondary N) is 2. The Balaban J connectivity index is 1.80. The molecule has 0 aliphatic heterocycles. The van der Waals surface area contributed by atoms with E-state index in [4.69, 9.17) is 0 Å². The number of alkyl halides is 3. The highest BCUT2D eigenvalue weighted by Crippen LogP contribution is 2.24. The second-order valence-electron chi connectivity index (χ2n) is 5.25. The average Bonchev–Trinajstić information content (AvgIpc) is 2.56. The average molecular weight is 345 g/mol. The number of pyridine rings is 1. The summed E-state index contributed by atoms with van der Waals surface area (Å²) in [5, 5.41) is 4.52. The minimum absolute atomic E-state index is 0.0330. The Hall–Kier alpha value is -3.16. The maximum Gasteiger partial charge on any atom is 0.482 e. The lowest BCUT2D eigenvalue weighted by Gasteiger charge is -2.12. The van der Waals surface area contributed by atoms with Crippen molar-refractivity contribution in [1.82, 2.24) is 15.0 Å². The molecule has 2 heterocycles. The molecule has 8 heteroatoms. The zero-order valence-electron chi connectivity index (χ0n) is 13.2. The van der Waals surface area contributed by atoms with Crippen molar-refractivity contribution in [2.45, 2.75) is 13.2 Å². The van der Waals surface area contributed by atoms with Crippen LogP contribution in [0.15, 0.2) is 54.9 Å². The van der Waals surface area contributed by atoms with Gasteiger partial charge in [-0.1, -0.05) is 0 Å². The van der Waals surface area contributed by atoms with Crippen LogP contribution < -0.4 is 10.6 Å². The molecule has 0 aliphatic carbocycles. The van der Waals surface area contributed by atoms with E-state index >= 15 is 0 Å². The molecule has 3 aromatic rings. The topological polar surface area (TPSA) is 62.7 Å². The van der Waals surface area contributed by atoms with Crippen molar-refractivity contribution in [2.24, 2.45) is 0 Å². The minimum atomic E-state index is -4.46. The summed E-state index contributed by atoms with van der Waals surface area (Å²) in [5.74, 6) is 1.13. The van der Waals surface area contributed by atoms with Crippen LogP contribution in [0.5, 0.6) is 0 Å². The van der Waals surface area contributed by atoms with Gasteiger partial charge in [0.25, 0.3) is 0 Å². The molecule has 0 unspecified atom stereocenters. The van der Waals surface area contributed by atoms with Crippen LogP contribution in [-0.2, 0) is 0 Å². The summed E-state index contributed by atoms with van der Waals surface area (Å²) in [4.78, 5) is 12.7. The van der Waals surface area contributed by atoms with Gasteiger partial charge in [0.2, 0.25) is 0 Å². The fourth-order valence-electron chi connectivity index (χ4n) is 2.25. The van der Waals surface area contributed by atoms with E-state index < -0.39 is 6.30 Å². The monoisotopic (exact) mass is 345 g/mol. The van der Waals surface area contributed by atoms with E-state index in [2.05, 4.69) is 20.3 Å². The van der Waals surface area contributed by atoms with Gasteiger partial charge in [-0.2, -0.15) is 13.2 Å². The number of benzene rings is 1. The molecular weight excluding hydrogens is 331 g/mol. The molecule has 2 aromatic heterocycles. The molecule has 0 radical (unpaired) electrons. The molecule has 3 rings (SSSR count). The SMILES string of the molecule is Cc1nc(Nc2ccc(NC(F)(F)F)cc2)cc(-c2ccncc2)n1. The Labute approximate surface area is 142 Å². The van der Waals surface area contributed by atoms with Crippen LogP contribution in [0.2, 0.25) is 0 Å². The summed E-state index contributed by atoms with van der Waals surface area (Å²) in [7, 11) is 0. The maximum atomic E-state index is 12.3. The lowest BCUT2D eigenvalue weighted by Crippen LogP contribution is -2.20. The highest BCUT2D eigenvalue weighted by molar-refractivity contribution is 5.66. The Kier molecular flexibility index (Phi) is 4.51. The first-order valence-corrected chi connectivity index (χ1v) is 7.37. The standard InChI is InChI=1S/C17H14F3N5/c1-11-22-15(12-6-8-21-9-7-12)10-16(23-11)24-13-2-4-14(5-3-13)25-17(18,19)20/h2-10,25H,1H3,(H,22,23,24). The van der Waals surface area contributed by atoms with E-state index in [9.17, 15) is 13.2 Å². The van der Waals surface area contributed by atoms with Crippen LogP contribution in [0.3, 0.4) is 0 Å². The van der Waals surface area contributed by atoms with Gasteiger partial charge in [-0.3, -0.25) is 10.3 Å². The van der Waals surface area contributed by atoms with E-state index in [-0.39, 0.29) is 5.69 Å². The van der Waals surface area contributed by atoms with Crippen molar-refractivity contribution in [3.63, 3.8) is 0 Å². The molecule has 1 aromatic carbocycles. The Morgan fingerprint density at radius 3 is 2.16 bits per heavy atom. The maximum absolute atomic E-state index is 12.3. The van der Waals surface area contributed by atoms with Gasteiger partial charge in [-0.05, 0) is 43.3 Å². The largest absolute Gasteiger partial charge is 0.482 e. The molecule has 25 heavy (non-hydrogen) atoms.